The van der Waals surface area contributed by atoms with E-state index in [0.717, 1.165) is 22.4 Å². The van der Waals surface area contributed by atoms with Gasteiger partial charge in [-0.1, -0.05) is 66.7 Å². The van der Waals surface area contributed by atoms with E-state index in [4.69, 9.17) is 5.41 Å². The van der Waals surface area contributed by atoms with E-state index in [9.17, 15) is 0 Å². The molecule has 0 saturated carbocycles. The number of rotatable bonds is 3. The second-order valence-electron chi connectivity index (χ2n) is 6.69. The Morgan fingerprint density at radius 3 is 1.85 bits per heavy atom. The Morgan fingerprint density at radius 2 is 1.22 bits per heavy atom. The first-order chi connectivity index (χ1) is 13.3. The maximum atomic E-state index is 7.46. The van der Waals surface area contributed by atoms with Crippen molar-refractivity contribution in [3.05, 3.63) is 103 Å². The van der Waals surface area contributed by atoms with E-state index in [0.29, 0.717) is 0 Å². The van der Waals surface area contributed by atoms with E-state index in [-0.39, 0.29) is 0 Å². The number of fused-ring (bicyclic) bond motifs is 3. The van der Waals surface area contributed by atoms with Gasteiger partial charge in [-0.3, -0.25) is 0 Å². The molecular weight excluding hydrogens is 328 g/mol. The van der Waals surface area contributed by atoms with Gasteiger partial charge in [-0.25, -0.2) is 0 Å². The van der Waals surface area contributed by atoms with Crippen LogP contribution in [0.5, 0.6) is 0 Å². The normalized spacial score (nSPS) is 11.1. The summed E-state index contributed by atoms with van der Waals surface area (Å²) in [5.74, 6) is 0. The summed E-state index contributed by atoms with van der Waals surface area (Å²) in [6.45, 7) is 0. The molecule has 2 nitrogen and oxygen atoms in total. The van der Waals surface area contributed by atoms with Gasteiger partial charge in [0, 0.05) is 22.7 Å². The summed E-state index contributed by atoms with van der Waals surface area (Å²) in [7, 11) is 0. The molecule has 0 aliphatic carbocycles. The Hall–Kier alpha value is -3.65. The monoisotopic (exact) mass is 346 g/mol. The molecule has 0 atom stereocenters. The van der Waals surface area contributed by atoms with Crippen molar-refractivity contribution in [3.63, 3.8) is 0 Å². The molecule has 0 aliphatic rings. The van der Waals surface area contributed by atoms with Crippen molar-refractivity contribution in [2.24, 2.45) is 0 Å². The molecule has 0 radical (unpaired) electrons. The third kappa shape index (κ3) is 2.54. The van der Waals surface area contributed by atoms with Gasteiger partial charge in [0.1, 0.15) is 0 Å². The van der Waals surface area contributed by atoms with Crippen LogP contribution in [0.2, 0.25) is 0 Å². The number of nitrogens with one attached hydrogen (secondary N) is 1. The topological polar surface area (TPSA) is 28.8 Å². The third-order valence-electron chi connectivity index (χ3n) is 5.09. The molecule has 1 heterocycles. The summed E-state index contributed by atoms with van der Waals surface area (Å²) in [5.41, 5.74) is 6.79. The molecule has 128 valence electrons. The van der Waals surface area contributed by atoms with Gasteiger partial charge >= 0.3 is 0 Å². The number of aromatic nitrogens is 1. The van der Waals surface area contributed by atoms with Gasteiger partial charge in [0.05, 0.1) is 11.0 Å². The highest BCUT2D eigenvalue weighted by molar-refractivity contribution is 6.09. The van der Waals surface area contributed by atoms with Crippen molar-refractivity contribution in [1.29, 1.82) is 5.41 Å². The Labute approximate surface area is 157 Å². The summed E-state index contributed by atoms with van der Waals surface area (Å²) in [6.07, 6.45) is 1.38. The zero-order valence-corrected chi connectivity index (χ0v) is 14.8. The fraction of sp³-hybridized carbons (Fsp3) is 0. The van der Waals surface area contributed by atoms with Gasteiger partial charge in [0.25, 0.3) is 0 Å². The minimum absolute atomic E-state index is 0.916. The van der Waals surface area contributed by atoms with Crippen LogP contribution >= 0.6 is 0 Å². The molecule has 0 amide bonds. The molecule has 27 heavy (non-hydrogen) atoms. The summed E-state index contributed by atoms with van der Waals surface area (Å²) in [5, 5.41) is 10.0. The van der Waals surface area contributed by atoms with Crippen LogP contribution in [-0.2, 0) is 0 Å². The van der Waals surface area contributed by atoms with E-state index in [1.165, 1.54) is 28.0 Å². The van der Waals surface area contributed by atoms with Gasteiger partial charge in [-0.15, -0.1) is 0 Å². The lowest BCUT2D eigenvalue weighted by Crippen LogP contribution is -1.93. The number of hydrogen-bond acceptors (Lipinski definition) is 1. The maximum absolute atomic E-state index is 7.46. The average Bonchev–Trinajstić information content (AvgIpc) is 3.08. The zero-order valence-electron chi connectivity index (χ0n) is 14.8. The summed E-state index contributed by atoms with van der Waals surface area (Å²) in [6, 6.07) is 33.8. The standard InChI is InChI=1S/C25H18N2/c26-17-18-6-5-7-20(16-18)19-12-14-21(15-13-19)27-24-10-3-1-8-22(24)23-9-2-4-11-25(23)27/h1-17,26H. The van der Waals surface area contributed by atoms with E-state index in [2.05, 4.69) is 83.4 Å². The van der Waals surface area contributed by atoms with E-state index < -0.39 is 0 Å². The molecule has 0 saturated heterocycles. The molecule has 0 aliphatic heterocycles. The van der Waals surface area contributed by atoms with Crippen molar-refractivity contribution in [3.8, 4) is 16.8 Å². The highest BCUT2D eigenvalue weighted by atomic mass is 15.0. The first kappa shape index (κ1) is 15.6. The molecular formula is C25H18N2. The zero-order chi connectivity index (χ0) is 18.2. The van der Waals surface area contributed by atoms with Gasteiger partial charge in [-0.05, 0) is 47.0 Å². The first-order valence-corrected chi connectivity index (χ1v) is 9.05. The molecule has 1 aromatic heterocycles. The highest BCUT2D eigenvalue weighted by Crippen LogP contribution is 2.32. The molecule has 2 heteroatoms. The Balaban J connectivity index is 1.68. The van der Waals surface area contributed by atoms with E-state index in [1.807, 2.05) is 18.2 Å². The fourth-order valence-electron chi connectivity index (χ4n) is 3.81. The number of hydrogen-bond donors (Lipinski definition) is 1. The van der Waals surface area contributed by atoms with E-state index in [1.54, 1.807) is 0 Å². The van der Waals surface area contributed by atoms with Crippen LogP contribution < -0.4 is 0 Å². The minimum atomic E-state index is 0.916. The van der Waals surface area contributed by atoms with Crippen LogP contribution in [0.25, 0.3) is 38.6 Å². The molecule has 1 N–H and O–H groups in total. The van der Waals surface area contributed by atoms with Gasteiger partial charge in [-0.2, -0.15) is 0 Å². The lowest BCUT2D eigenvalue weighted by molar-refractivity contribution is 1.18. The Morgan fingerprint density at radius 1 is 0.593 bits per heavy atom. The fourth-order valence-corrected chi connectivity index (χ4v) is 3.81. The summed E-state index contributed by atoms with van der Waals surface area (Å²) in [4.78, 5) is 0. The van der Waals surface area contributed by atoms with Crippen LogP contribution in [0.15, 0.2) is 97.1 Å². The number of nitrogens with zero attached hydrogens (tertiary/aromatic N) is 1. The van der Waals surface area contributed by atoms with Crippen LogP contribution in [0.3, 0.4) is 0 Å². The minimum Gasteiger partial charge on any atom is -0.309 e. The molecule has 5 rings (SSSR count). The van der Waals surface area contributed by atoms with Crippen LogP contribution in [0.4, 0.5) is 0 Å². The van der Waals surface area contributed by atoms with Crippen LogP contribution in [-0.4, -0.2) is 10.8 Å². The Bertz CT molecular complexity index is 1220. The smallest absolute Gasteiger partial charge is 0.0541 e. The SMILES string of the molecule is N=Cc1cccc(-c2ccc(-n3c4ccccc4c4ccccc43)cc2)c1. The van der Waals surface area contributed by atoms with Crippen LogP contribution in [0, 0.1) is 5.41 Å². The van der Waals surface area contributed by atoms with Crippen molar-refractivity contribution >= 4 is 28.0 Å². The molecule has 0 fully saturated rings. The quantitative estimate of drug-likeness (QED) is 0.364. The van der Waals surface area contributed by atoms with Crippen molar-refractivity contribution in [1.82, 2.24) is 4.57 Å². The highest BCUT2D eigenvalue weighted by Gasteiger charge is 2.11. The van der Waals surface area contributed by atoms with Crippen molar-refractivity contribution in [2.75, 3.05) is 0 Å². The van der Waals surface area contributed by atoms with E-state index >= 15 is 0 Å². The number of para-hydroxylation sites is 2. The second-order valence-corrected chi connectivity index (χ2v) is 6.69. The van der Waals surface area contributed by atoms with Gasteiger partial charge in [0.15, 0.2) is 0 Å². The first-order valence-electron chi connectivity index (χ1n) is 9.05. The summed E-state index contributed by atoms with van der Waals surface area (Å²) >= 11 is 0. The van der Waals surface area contributed by atoms with Gasteiger partial charge < -0.3 is 9.98 Å². The lowest BCUT2D eigenvalue weighted by Gasteiger charge is -2.09. The average molecular weight is 346 g/mol. The third-order valence-corrected chi connectivity index (χ3v) is 5.09. The molecule has 0 unspecified atom stereocenters. The molecule has 4 aromatic carbocycles. The molecule has 0 bridgehead atoms. The summed E-state index contributed by atoms with van der Waals surface area (Å²) < 4.78 is 2.32. The predicted octanol–water partition coefficient (Wildman–Crippen LogP) is 6.45. The van der Waals surface area contributed by atoms with Crippen molar-refractivity contribution < 1.29 is 0 Å². The molecule has 0 spiro atoms. The predicted molar refractivity (Wildman–Crippen MR) is 114 cm³/mol. The van der Waals surface area contributed by atoms with Crippen molar-refractivity contribution in [2.45, 2.75) is 0 Å². The molecule has 5 aromatic rings. The van der Waals surface area contributed by atoms with Crippen LogP contribution in [0.1, 0.15) is 5.56 Å². The largest absolute Gasteiger partial charge is 0.309 e. The number of benzene rings is 4. The lowest BCUT2D eigenvalue weighted by atomic mass is 10.0. The van der Waals surface area contributed by atoms with Gasteiger partial charge in [0.2, 0.25) is 0 Å². The Kier molecular flexibility index (Phi) is 3.61. The second kappa shape index (κ2) is 6.26. The maximum Gasteiger partial charge on any atom is 0.0541 e.